The predicted molar refractivity (Wildman–Crippen MR) is 57.0 cm³/mol. The number of amidine groups is 1. The largest absolute Gasteiger partial charge is 0.459 e. The van der Waals surface area contributed by atoms with Crippen LogP contribution >= 0.6 is 0 Å². The third-order valence-electron chi connectivity index (χ3n) is 3.23. The zero-order valence-electron chi connectivity index (χ0n) is 9.45. The smallest absolute Gasteiger partial charge is 0.287 e. The van der Waals surface area contributed by atoms with Crippen LogP contribution in [0.2, 0.25) is 0 Å². The Morgan fingerprint density at radius 1 is 1.38 bits per heavy atom. The fourth-order valence-corrected chi connectivity index (χ4v) is 2.25. The number of fused-ring (bicyclic) bond motifs is 1. The average molecular weight is 230 g/mol. The second-order valence-corrected chi connectivity index (χ2v) is 4.61. The van der Waals surface area contributed by atoms with Crippen LogP contribution in [0.3, 0.4) is 0 Å². The van der Waals surface area contributed by atoms with Gasteiger partial charge in [0.15, 0.2) is 0 Å². The Bertz CT molecular complexity index is 295. The van der Waals surface area contributed by atoms with Gasteiger partial charge in [-0.3, -0.25) is 0 Å². The standard InChI is InChI=1S/C10H18N2O4/c1-12(2)10-11-7-6(16-10)3-5(4-13)8(14)9(7)15/h5-9,13-15H,3-4H2,1-2H3/t5-,6+,7+,8-,9-/m1/s1. The van der Waals surface area contributed by atoms with Crippen LogP contribution in [0.5, 0.6) is 0 Å². The summed E-state index contributed by atoms with van der Waals surface area (Å²) in [7, 11) is 3.62. The van der Waals surface area contributed by atoms with Crippen molar-refractivity contribution in [2.24, 2.45) is 10.9 Å². The first-order valence-corrected chi connectivity index (χ1v) is 5.43. The molecule has 0 unspecified atom stereocenters. The van der Waals surface area contributed by atoms with E-state index in [0.29, 0.717) is 12.4 Å². The molecule has 0 saturated heterocycles. The number of aliphatic hydroxyl groups excluding tert-OH is 3. The molecule has 1 saturated carbocycles. The van der Waals surface area contributed by atoms with Crippen LogP contribution in [-0.4, -0.2) is 71.3 Å². The van der Waals surface area contributed by atoms with Gasteiger partial charge in [-0.25, -0.2) is 4.99 Å². The van der Waals surface area contributed by atoms with Gasteiger partial charge in [-0.15, -0.1) is 0 Å². The highest BCUT2D eigenvalue weighted by molar-refractivity contribution is 5.75. The highest BCUT2D eigenvalue weighted by Crippen LogP contribution is 2.33. The molecule has 0 aromatic carbocycles. The normalized spacial score (nSPS) is 42.3. The van der Waals surface area contributed by atoms with Crippen LogP contribution in [0.4, 0.5) is 0 Å². The molecule has 6 nitrogen and oxygen atoms in total. The summed E-state index contributed by atoms with van der Waals surface area (Å²) in [6, 6.07) is 0.0510. The third-order valence-corrected chi connectivity index (χ3v) is 3.23. The molecule has 0 spiro atoms. The van der Waals surface area contributed by atoms with E-state index in [0.717, 1.165) is 0 Å². The van der Waals surface area contributed by atoms with Gasteiger partial charge >= 0.3 is 0 Å². The van der Waals surface area contributed by atoms with E-state index in [1.54, 1.807) is 4.90 Å². The number of ether oxygens (including phenoxy) is 1. The van der Waals surface area contributed by atoms with E-state index >= 15 is 0 Å². The Morgan fingerprint density at radius 2 is 2.06 bits per heavy atom. The lowest BCUT2D eigenvalue weighted by Gasteiger charge is -2.36. The summed E-state index contributed by atoms with van der Waals surface area (Å²) in [6.07, 6.45) is -1.62. The van der Waals surface area contributed by atoms with Crippen molar-refractivity contribution in [2.45, 2.75) is 30.8 Å². The van der Waals surface area contributed by atoms with Gasteiger partial charge in [0.25, 0.3) is 6.02 Å². The van der Waals surface area contributed by atoms with Gasteiger partial charge in [0.05, 0.1) is 6.10 Å². The second kappa shape index (κ2) is 4.20. The molecular weight excluding hydrogens is 212 g/mol. The van der Waals surface area contributed by atoms with Gasteiger partial charge in [0.2, 0.25) is 0 Å². The van der Waals surface area contributed by atoms with E-state index in [2.05, 4.69) is 4.99 Å². The maximum absolute atomic E-state index is 9.88. The molecule has 0 aromatic heterocycles. The SMILES string of the molecule is CN(C)C1=N[C@@H]2[C@@H](O)[C@H](O)[C@@H](CO)C[C@@H]2O1. The van der Waals surface area contributed by atoms with Crippen molar-refractivity contribution in [3.8, 4) is 0 Å². The molecule has 1 aliphatic carbocycles. The lowest BCUT2D eigenvalue weighted by molar-refractivity contribution is -0.0953. The van der Waals surface area contributed by atoms with Crippen LogP contribution in [0.25, 0.3) is 0 Å². The fourth-order valence-electron chi connectivity index (χ4n) is 2.25. The zero-order valence-corrected chi connectivity index (χ0v) is 9.45. The minimum Gasteiger partial charge on any atom is -0.459 e. The summed E-state index contributed by atoms with van der Waals surface area (Å²) in [4.78, 5) is 5.97. The van der Waals surface area contributed by atoms with Crippen molar-refractivity contribution in [1.29, 1.82) is 0 Å². The summed E-state index contributed by atoms with van der Waals surface area (Å²) >= 11 is 0. The molecule has 2 rings (SSSR count). The number of hydrogen-bond donors (Lipinski definition) is 3. The summed E-state index contributed by atoms with van der Waals surface area (Å²) in [5.74, 6) is -0.340. The van der Waals surface area contributed by atoms with Crippen LogP contribution in [-0.2, 0) is 4.74 Å². The third kappa shape index (κ3) is 1.77. The summed E-state index contributed by atoms with van der Waals surface area (Å²) in [5.41, 5.74) is 0. The van der Waals surface area contributed by atoms with Gasteiger partial charge in [-0.1, -0.05) is 0 Å². The number of aliphatic imine (C=N–C) groups is 1. The second-order valence-electron chi connectivity index (χ2n) is 4.61. The predicted octanol–water partition coefficient (Wildman–Crippen LogP) is -1.59. The molecule has 5 atom stereocenters. The molecule has 16 heavy (non-hydrogen) atoms. The van der Waals surface area contributed by atoms with E-state index in [4.69, 9.17) is 9.84 Å². The van der Waals surface area contributed by atoms with Crippen molar-refractivity contribution >= 4 is 6.02 Å². The first kappa shape index (κ1) is 11.6. The topological polar surface area (TPSA) is 85.5 Å². The zero-order chi connectivity index (χ0) is 11.9. The number of hydrogen-bond acceptors (Lipinski definition) is 6. The van der Waals surface area contributed by atoms with Crippen LogP contribution < -0.4 is 0 Å². The monoisotopic (exact) mass is 230 g/mol. The van der Waals surface area contributed by atoms with Crippen LogP contribution in [0.1, 0.15) is 6.42 Å². The highest BCUT2D eigenvalue weighted by atomic mass is 16.5. The van der Waals surface area contributed by atoms with Crippen molar-refractivity contribution in [1.82, 2.24) is 4.90 Å². The first-order chi connectivity index (χ1) is 7.54. The number of rotatable bonds is 1. The maximum Gasteiger partial charge on any atom is 0.287 e. The quantitative estimate of drug-likeness (QED) is 0.505. The maximum atomic E-state index is 9.88. The number of nitrogens with zero attached hydrogens (tertiary/aromatic N) is 2. The molecule has 1 fully saturated rings. The Balaban J connectivity index is 2.14. The van der Waals surface area contributed by atoms with Gasteiger partial charge in [-0.05, 0) is 6.42 Å². The molecular formula is C10H18N2O4. The lowest BCUT2D eigenvalue weighted by Crippen LogP contribution is -2.52. The van der Waals surface area contributed by atoms with Gasteiger partial charge in [-0.2, -0.15) is 0 Å². The van der Waals surface area contributed by atoms with Crippen molar-refractivity contribution < 1.29 is 20.1 Å². The van der Waals surface area contributed by atoms with Crippen molar-refractivity contribution in [3.05, 3.63) is 0 Å². The van der Waals surface area contributed by atoms with Crippen molar-refractivity contribution in [2.75, 3.05) is 20.7 Å². The number of aliphatic hydroxyl groups is 3. The fraction of sp³-hybridized carbons (Fsp3) is 0.900. The van der Waals surface area contributed by atoms with E-state index in [1.165, 1.54) is 0 Å². The summed E-state index contributed by atoms with van der Waals surface area (Å²) < 4.78 is 5.57. The molecule has 0 radical (unpaired) electrons. The Hall–Kier alpha value is -0.850. The van der Waals surface area contributed by atoms with E-state index in [-0.39, 0.29) is 18.6 Å². The van der Waals surface area contributed by atoms with Gasteiger partial charge in [0, 0.05) is 26.6 Å². The molecule has 1 aliphatic heterocycles. The average Bonchev–Trinajstić information content (AvgIpc) is 2.67. The first-order valence-electron chi connectivity index (χ1n) is 5.43. The van der Waals surface area contributed by atoms with E-state index in [1.807, 2.05) is 14.1 Å². The molecule has 0 amide bonds. The van der Waals surface area contributed by atoms with Gasteiger partial charge < -0.3 is 25.0 Å². The van der Waals surface area contributed by atoms with Gasteiger partial charge in [0.1, 0.15) is 18.2 Å². The minimum atomic E-state index is -0.964. The molecule has 0 bridgehead atoms. The van der Waals surface area contributed by atoms with Crippen LogP contribution in [0.15, 0.2) is 4.99 Å². The van der Waals surface area contributed by atoms with E-state index in [9.17, 15) is 10.2 Å². The molecule has 0 aromatic rings. The Labute approximate surface area is 94.2 Å². The molecule has 2 aliphatic rings. The molecule has 1 heterocycles. The summed E-state index contributed by atoms with van der Waals surface area (Å²) in [6.45, 7) is -0.151. The molecule has 3 N–H and O–H groups in total. The van der Waals surface area contributed by atoms with Crippen LogP contribution in [0, 0.1) is 5.92 Å². The lowest BCUT2D eigenvalue weighted by atomic mass is 9.80. The minimum absolute atomic E-state index is 0.151. The van der Waals surface area contributed by atoms with Crippen molar-refractivity contribution in [3.63, 3.8) is 0 Å². The molecule has 92 valence electrons. The Kier molecular flexibility index (Phi) is 3.05. The molecule has 6 heteroatoms. The Morgan fingerprint density at radius 3 is 2.62 bits per heavy atom. The summed E-state index contributed by atoms with van der Waals surface area (Å²) in [5, 5.41) is 28.7. The van der Waals surface area contributed by atoms with E-state index < -0.39 is 18.2 Å². The highest BCUT2D eigenvalue weighted by Gasteiger charge is 2.48.